The molecule has 0 aliphatic carbocycles. The second-order valence-corrected chi connectivity index (χ2v) is 8.35. The van der Waals surface area contributed by atoms with Gasteiger partial charge in [0.1, 0.15) is 5.69 Å². The number of halogens is 2. The lowest BCUT2D eigenvalue weighted by atomic mass is 10.2. The Kier molecular flexibility index (Phi) is 7.17. The molecule has 1 aliphatic rings. The van der Waals surface area contributed by atoms with Gasteiger partial charge in [0.05, 0.1) is 17.6 Å². The van der Waals surface area contributed by atoms with E-state index in [0.29, 0.717) is 61.7 Å². The first kappa shape index (κ1) is 22.4. The molecule has 1 saturated heterocycles. The van der Waals surface area contributed by atoms with Crippen LogP contribution in [0.4, 0.5) is 10.5 Å². The van der Waals surface area contributed by atoms with Gasteiger partial charge in [-0.25, -0.2) is 14.8 Å². The molecule has 0 unspecified atom stereocenters. The predicted molar refractivity (Wildman–Crippen MR) is 128 cm³/mol. The van der Waals surface area contributed by atoms with Gasteiger partial charge in [-0.15, -0.1) is 0 Å². The summed E-state index contributed by atoms with van der Waals surface area (Å²) in [6.45, 7) is 5.55. The van der Waals surface area contributed by atoms with Gasteiger partial charge in [-0.2, -0.15) is 0 Å². The van der Waals surface area contributed by atoms with Crippen LogP contribution in [0.25, 0.3) is 11.0 Å². The molecular formula is C23H25Cl2N5O2. The maximum Gasteiger partial charge on any atom is 0.317 e. The minimum atomic E-state index is -0.0829. The van der Waals surface area contributed by atoms with Gasteiger partial charge in [0.2, 0.25) is 5.88 Å². The number of anilines is 1. The zero-order chi connectivity index (χ0) is 22.5. The van der Waals surface area contributed by atoms with Gasteiger partial charge in [0, 0.05) is 54.9 Å². The molecule has 0 radical (unpaired) electrons. The number of ether oxygens (including phenoxy) is 1. The fourth-order valence-corrected chi connectivity index (χ4v) is 4.24. The summed E-state index contributed by atoms with van der Waals surface area (Å²) in [6.07, 6.45) is 0.542. The quantitative estimate of drug-likeness (QED) is 0.573. The Labute approximate surface area is 197 Å². The molecule has 3 aromatic rings. The first-order valence-corrected chi connectivity index (χ1v) is 11.4. The number of piperazine rings is 1. The number of nitrogens with one attached hydrogen (secondary N) is 1. The number of rotatable bonds is 6. The summed E-state index contributed by atoms with van der Waals surface area (Å²) in [5.74, 6) is 0.522. The summed E-state index contributed by atoms with van der Waals surface area (Å²) in [5.41, 5.74) is 3.33. The molecule has 0 atom stereocenters. The molecule has 1 aromatic heterocycles. The normalized spacial score (nSPS) is 14.0. The lowest BCUT2D eigenvalue weighted by Crippen LogP contribution is -2.52. The average Bonchev–Trinajstić information content (AvgIpc) is 2.79. The van der Waals surface area contributed by atoms with Crippen molar-refractivity contribution in [2.24, 2.45) is 0 Å². The zero-order valence-corrected chi connectivity index (χ0v) is 19.4. The lowest BCUT2D eigenvalue weighted by Gasteiger charge is -2.36. The summed E-state index contributed by atoms with van der Waals surface area (Å²) >= 11 is 12.2. The Morgan fingerprint density at radius 3 is 2.34 bits per heavy atom. The first-order valence-electron chi connectivity index (χ1n) is 10.7. The monoisotopic (exact) mass is 473 g/mol. The van der Waals surface area contributed by atoms with Crippen LogP contribution in [0, 0.1) is 0 Å². The van der Waals surface area contributed by atoms with E-state index in [1.54, 1.807) is 6.07 Å². The van der Waals surface area contributed by atoms with E-state index in [1.807, 2.05) is 48.2 Å². The number of amides is 2. The smallest absolute Gasteiger partial charge is 0.317 e. The standard InChI is InChI=1S/C23H25Cl2N5O2/c1-2-32-22-21(27-19-5-3-4-6-20(19)28-22)7-8-26-23(31)30-11-9-29(10-12-30)18-14-16(24)13-17(25)15-18/h3-6,13-15H,2,7-12H2,1H3,(H,26,31). The molecule has 1 aliphatic heterocycles. The maximum atomic E-state index is 12.6. The van der Waals surface area contributed by atoms with Crippen molar-refractivity contribution in [1.82, 2.24) is 20.2 Å². The Morgan fingerprint density at radius 2 is 1.69 bits per heavy atom. The van der Waals surface area contributed by atoms with E-state index in [1.165, 1.54) is 0 Å². The third-order valence-corrected chi connectivity index (χ3v) is 5.74. The van der Waals surface area contributed by atoms with Crippen molar-refractivity contribution in [3.63, 3.8) is 0 Å². The van der Waals surface area contributed by atoms with Gasteiger partial charge in [-0.05, 0) is 37.3 Å². The number of hydrogen-bond acceptors (Lipinski definition) is 5. The fourth-order valence-electron chi connectivity index (χ4n) is 3.72. The SMILES string of the molecule is CCOc1nc2ccccc2nc1CCNC(=O)N1CCN(c2cc(Cl)cc(Cl)c2)CC1. The number of carbonyl (C=O) groups is 1. The van der Waals surface area contributed by atoms with E-state index in [4.69, 9.17) is 27.9 Å². The highest BCUT2D eigenvalue weighted by Crippen LogP contribution is 2.26. The van der Waals surface area contributed by atoms with E-state index >= 15 is 0 Å². The number of para-hydroxylation sites is 2. The summed E-state index contributed by atoms with van der Waals surface area (Å²) in [5, 5.41) is 4.21. The van der Waals surface area contributed by atoms with Crippen molar-refractivity contribution in [3.05, 3.63) is 58.2 Å². The molecule has 0 bridgehead atoms. The molecule has 9 heteroatoms. The second-order valence-electron chi connectivity index (χ2n) is 7.48. The summed E-state index contributed by atoms with van der Waals surface area (Å²) in [7, 11) is 0. The Morgan fingerprint density at radius 1 is 1.03 bits per heavy atom. The average molecular weight is 474 g/mol. The molecule has 168 valence electrons. The van der Waals surface area contributed by atoms with Crippen LogP contribution >= 0.6 is 23.2 Å². The number of urea groups is 1. The minimum absolute atomic E-state index is 0.0829. The van der Waals surface area contributed by atoms with Crippen LogP contribution in [0.1, 0.15) is 12.6 Å². The van der Waals surface area contributed by atoms with Crippen molar-refractivity contribution in [1.29, 1.82) is 0 Å². The van der Waals surface area contributed by atoms with Crippen LogP contribution in [0.3, 0.4) is 0 Å². The fraction of sp³-hybridized carbons (Fsp3) is 0.348. The second kappa shape index (κ2) is 10.2. The predicted octanol–water partition coefficient (Wildman–Crippen LogP) is 4.41. The number of carbonyl (C=O) groups excluding carboxylic acids is 1. The van der Waals surface area contributed by atoms with Crippen molar-refractivity contribution in [3.8, 4) is 5.88 Å². The highest BCUT2D eigenvalue weighted by atomic mass is 35.5. The lowest BCUT2D eigenvalue weighted by molar-refractivity contribution is 0.194. The van der Waals surface area contributed by atoms with Crippen LogP contribution in [0.15, 0.2) is 42.5 Å². The van der Waals surface area contributed by atoms with Crippen molar-refractivity contribution in [2.45, 2.75) is 13.3 Å². The van der Waals surface area contributed by atoms with Crippen LogP contribution in [0.2, 0.25) is 10.0 Å². The summed E-state index contributed by atoms with van der Waals surface area (Å²) in [6, 6.07) is 13.1. The number of hydrogen-bond donors (Lipinski definition) is 1. The van der Waals surface area contributed by atoms with Crippen molar-refractivity contribution >= 4 is 46.0 Å². The largest absolute Gasteiger partial charge is 0.477 e. The molecule has 4 rings (SSSR count). The zero-order valence-electron chi connectivity index (χ0n) is 17.9. The highest BCUT2D eigenvalue weighted by Gasteiger charge is 2.22. The third kappa shape index (κ3) is 5.34. The molecular weight excluding hydrogens is 449 g/mol. The van der Waals surface area contributed by atoms with Gasteiger partial charge in [0.25, 0.3) is 0 Å². The minimum Gasteiger partial charge on any atom is -0.477 e. The van der Waals surface area contributed by atoms with Crippen LogP contribution in [-0.4, -0.2) is 60.2 Å². The molecule has 1 fully saturated rings. The van der Waals surface area contributed by atoms with Crippen LogP contribution in [-0.2, 0) is 6.42 Å². The van der Waals surface area contributed by atoms with Crippen LogP contribution < -0.4 is 15.0 Å². The number of fused-ring (bicyclic) bond motifs is 1. The van der Waals surface area contributed by atoms with E-state index in [0.717, 1.165) is 22.4 Å². The Hall–Kier alpha value is -2.77. The molecule has 2 amide bonds. The Balaban J connectivity index is 1.31. The van der Waals surface area contributed by atoms with Gasteiger partial charge in [-0.1, -0.05) is 35.3 Å². The van der Waals surface area contributed by atoms with Gasteiger partial charge < -0.3 is 19.9 Å². The summed E-state index contributed by atoms with van der Waals surface area (Å²) < 4.78 is 5.67. The first-order chi connectivity index (χ1) is 15.5. The van der Waals surface area contributed by atoms with Gasteiger partial charge >= 0.3 is 6.03 Å². The van der Waals surface area contributed by atoms with E-state index in [9.17, 15) is 4.79 Å². The molecule has 0 spiro atoms. The molecule has 2 heterocycles. The topological polar surface area (TPSA) is 70.6 Å². The summed E-state index contributed by atoms with van der Waals surface area (Å²) in [4.78, 5) is 25.9. The Bertz CT molecular complexity index is 1080. The van der Waals surface area contributed by atoms with Gasteiger partial charge in [-0.3, -0.25) is 0 Å². The third-order valence-electron chi connectivity index (χ3n) is 5.30. The van der Waals surface area contributed by atoms with Gasteiger partial charge in [0.15, 0.2) is 0 Å². The highest BCUT2D eigenvalue weighted by molar-refractivity contribution is 6.35. The van der Waals surface area contributed by atoms with E-state index < -0.39 is 0 Å². The van der Waals surface area contributed by atoms with Crippen molar-refractivity contribution in [2.75, 3.05) is 44.2 Å². The number of nitrogens with zero attached hydrogens (tertiary/aromatic N) is 4. The number of aromatic nitrogens is 2. The molecule has 7 nitrogen and oxygen atoms in total. The van der Waals surface area contributed by atoms with Crippen molar-refractivity contribution < 1.29 is 9.53 Å². The molecule has 1 N–H and O–H groups in total. The molecule has 2 aromatic carbocycles. The maximum absolute atomic E-state index is 12.6. The van der Waals surface area contributed by atoms with E-state index in [2.05, 4.69) is 20.2 Å². The van der Waals surface area contributed by atoms with E-state index in [-0.39, 0.29) is 6.03 Å². The number of benzene rings is 2. The molecule has 0 saturated carbocycles. The molecule has 32 heavy (non-hydrogen) atoms. The van der Waals surface area contributed by atoms with Crippen LogP contribution in [0.5, 0.6) is 5.88 Å².